The second-order valence-corrected chi connectivity index (χ2v) is 9.23. The predicted octanol–water partition coefficient (Wildman–Crippen LogP) is 2.78. The summed E-state index contributed by atoms with van der Waals surface area (Å²) in [4.78, 5) is 4.20. The van der Waals surface area contributed by atoms with Gasteiger partial charge in [0, 0.05) is 31.2 Å². The molecule has 0 fully saturated rings. The number of aryl methyl sites for hydroxylation is 1. The molecule has 1 atom stereocenters. The number of sulfonamides is 1. The van der Waals surface area contributed by atoms with Crippen molar-refractivity contribution in [3.63, 3.8) is 0 Å². The molecule has 28 heavy (non-hydrogen) atoms. The summed E-state index contributed by atoms with van der Waals surface area (Å²) in [7, 11) is -1.60. The van der Waals surface area contributed by atoms with E-state index in [4.69, 9.17) is 4.74 Å². The average Bonchev–Trinajstić information content (AvgIpc) is 2.54. The molecule has 0 saturated carbocycles. The van der Waals surface area contributed by atoms with Gasteiger partial charge in [0.1, 0.15) is 5.75 Å². The highest BCUT2D eigenvalue weighted by atomic mass is 127. The first-order valence-corrected chi connectivity index (χ1v) is 11.0. The molecular weight excluding hydrogens is 491 g/mol. The maximum absolute atomic E-state index is 11.5. The van der Waals surface area contributed by atoms with E-state index in [0.29, 0.717) is 19.0 Å². The van der Waals surface area contributed by atoms with Crippen LogP contribution in [-0.4, -0.2) is 45.9 Å². The molecule has 0 spiro atoms. The van der Waals surface area contributed by atoms with Gasteiger partial charge in [0.15, 0.2) is 5.96 Å². The van der Waals surface area contributed by atoms with Crippen LogP contribution in [-0.2, 0) is 16.6 Å². The van der Waals surface area contributed by atoms with E-state index in [2.05, 4.69) is 40.3 Å². The molecule has 0 heterocycles. The summed E-state index contributed by atoms with van der Waals surface area (Å²) in [6, 6.07) is 6.14. The zero-order chi connectivity index (χ0) is 20.7. The van der Waals surface area contributed by atoms with Crippen molar-refractivity contribution in [1.82, 2.24) is 15.4 Å². The van der Waals surface area contributed by atoms with Crippen LogP contribution in [0.5, 0.6) is 5.75 Å². The largest absolute Gasteiger partial charge is 0.490 e. The lowest BCUT2D eigenvalue weighted by Gasteiger charge is -2.26. The van der Waals surface area contributed by atoms with Gasteiger partial charge in [-0.25, -0.2) is 13.1 Å². The molecule has 0 saturated heterocycles. The fourth-order valence-electron chi connectivity index (χ4n) is 2.46. The van der Waals surface area contributed by atoms with Crippen LogP contribution in [0.4, 0.5) is 0 Å². The number of ether oxygens (including phenoxy) is 1. The zero-order valence-electron chi connectivity index (χ0n) is 17.9. The van der Waals surface area contributed by atoms with Gasteiger partial charge in [-0.05, 0) is 45.7 Å². The maximum Gasteiger partial charge on any atom is 0.209 e. The van der Waals surface area contributed by atoms with Gasteiger partial charge in [0.25, 0.3) is 0 Å². The quantitative estimate of drug-likeness (QED) is 0.262. The SMILES string of the molecule is CCC(C)Oc1cc(C)ccc1CNC(=NC)NCC(C)(C)NS(C)(=O)=O.I. The number of hydrogen-bond acceptors (Lipinski definition) is 4. The predicted molar refractivity (Wildman–Crippen MR) is 127 cm³/mol. The van der Waals surface area contributed by atoms with Gasteiger partial charge in [-0.2, -0.15) is 0 Å². The summed E-state index contributed by atoms with van der Waals surface area (Å²) in [6.07, 6.45) is 2.23. The molecule has 3 N–H and O–H groups in total. The number of nitrogens with zero attached hydrogens (tertiary/aromatic N) is 1. The first kappa shape index (κ1) is 26.9. The normalized spacial score (nSPS) is 13.5. The number of rotatable bonds is 9. The van der Waals surface area contributed by atoms with Crippen LogP contribution in [0.25, 0.3) is 0 Å². The Kier molecular flexibility index (Phi) is 11.4. The van der Waals surface area contributed by atoms with Gasteiger partial charge < -0.3 is 15.4 Å². The van der Waals surface area contributed by atoms with Crippen LogP contribution in [0.2, 0.25) is 0 Å². The Hall–Kier alpha value is -1.07. The second-order valence-electron chi connectivity index (χ2n) is 7.49. The molecule has 1 aromatic rings. The minimum Gasteiger partial charge on any atom is -0.490 e. The third-order valence-corrected chi connectivity index (χ3v) is 4.88. The Morgan fingerprint density at radius 3 is 2.46 bits per heavy atom. The van der Waals surface area contributed by atoms with Crippen molar-refractivity contribution in [2.24, 2.45) is 4.99 Å². The lowest BCUT2D eigenvalue weighted by molar-refractivity contribution is 0.215. The van der Waals surface area contributed by atoms with Crippen molar-refractivity contribution in [3.05, 3.63) is 29.3 Å². The molecule has 0 bridgehead atoms. The first-order valence-electron chi connectivity index (χ1n) is 9.15. The summed E-state index contributed by atoms with van der Waals surface area (Å²) in [5.41, 5.74) is 1.55. The molecule has 0 aromatic heterocycles. The Balaban J connectivity index is 0.00000729. The fraction of sp³-hybridized carbons (Fsp3) is 0.632. The summed E-state index contributed by atoms with van der Waals surface area (Å²) in [6.45, 7) is 10.7. The van der Waals surface area contributed by atoms with Crippen LogP contribution in [0, 0.1) is 6.92 Å². The molecule has 0 aliphatic rings. The Morgan fingerprint density at radius 1 is 1.29 bits per heavy atom. The van der Waals surface area contributed by atoms with Gasteiger partial charge in [0.2, 0.25) is 10.0 Å². The highest BCUT2D eigenvalue weighted by Crippen LogP contribution is 2.22. The highest BCUT2D eigenvalue weighted by Gasteiger charge is 2.22. The average molecular weight is 526 g/mol. The molecule has 162 valence electrons. The molecule has 7 nitrogen and oxygen atoms in total. The molecular formula is C19H35IN4O3S. The molecule has 9 heteroatoms. The van der Waals surface area contributed by atoms with Crippen LogP contribution >= 0.6 is 24.0 Å². The minimum atomic E-state index is -3.28. The van der Waals surface area contributed by atoms with Crippen LogP contribution in [0.1, 0.15) is 45.2 Å². The smallest absolute Gasteiger partial charge is 0.209 e. The number of aliphatic imine (C=N–C) groups is 1. The van der Waals surface area contributed by atoms with E-state index in [-0.39, 0.29) is 30.1 Å². The maximum atomic E-state index is 11.5. The van der Waals surface area contributed by atoms with Gasteiger partial charge in [0.05, 0.1) is 12.4 Å². The van der Waals surface area contributed by atoms with E-state index >= 15 is 0 Å². The van der Waals surface area contributed by atoms with Gasteiger partial charge in [-0.3, -0.25) is 4.99 Å². The summed E-state index contributed by atoms with van der Waals surface area (Å²) >= 11 is 0. The number of halogens is 1. The summed E-state index contributed by atoms with van der Waals surface area (Å²) < 4.78 is 31.5. The molecule has 1 aromatic carbocycles. The van der Waals surface area contributed by atoms with E-state index < -0.39 is 15.6 Å². The van der Waals surface area contributed by atoms with Crippen molar-refractivity contribution in [2.75, 3.05) is 19.8 Å². The molecule has 1 unspecified atom stereocenters. The standard InChI is InChI=1S/C19H34N4O3S.HI/c1-8-15(3)26-17-11-14(2)9-10-16(17)12-21-18(20-6)22-13-19(4,5)23-27(7,24)25;/h9-11,15,23H,8,12-13H2,1-7H3,(H2,20,21,22);1H. The van der Waals surface area contributed by atoms with E-state index in [9.17, 15) is 8.42 Å². The number of hydrogen-bond donors (Lipinski definition) is 3. The van der Waals surface area contributed by atoms with Crippen molar-refractivity contribution in [3.8, 4) is 5.75 Å². The van der Waals surface area contributed by atoms with Gasteiger partial charge in [-0.1, -0.05) is 19.1 Å². The van der Waals surface area contributed by atoms with E-state index in [1.165, 1.54) is 0 Å². The summed E-state index contributed by atoms with van der Waals surface area (Å²) in [5, 5.41) is 6.41. The molecule has 1 rings (SSSR count). The molecule has 0 aliphatic heterocycles. The van der Waals surface area contributed by atoms with Gasteiger partial charge >= 0.3 is 0 Å². The lowest BCUT2D eigenvalue weighted by Crippen LogP contribution is -2.52. The first-order chi connectivity index (χ1) is 12.5. The highest BCUT2D eigenvalue weighted by molar-refractivity contribution is 14.0. The fourth-order valence-corrected chi connectivity index (χ4v) is 3.54. The topological polar surface area (TPSA) is 91.8 Å². The second kappa shape index (κ2) is 11.8. The van der Waals surface area contributed by atoms with Gasteiger partial charge in [-0.15, -0.1) is 24.0 Å². The third kappa shape index (κ3) is 10.5. The summed E-state index contributed by atoms with van der Waals surface area (Å²) in [5.74, 6) is 1.46. The van der Waals surface area contributed by atoms with Crippen molar-refractivity contribution < 1.29 is 13.2 Å². The third-order valence-electron chi connectivity index (χ3n) is 3.96. The number of guanidine groups is 1. The minimum absolute atomic E-state index is 0. The van der Waals surface area contributed by atoms with Crippen molar-refractivity contribution in [1.29, 1.82) is 0 Å². The van der Waals surface area contributed by atoms with Crippen molar-refractivity contribution >= 4 is 40.0 Å². The van der Waals surface area contributed by atoms with E-state index in [0.717, 1.165) is 29.6 Å². The zero-order valence-corrected chi connectivity index (χ0v) is 21.1. The monoisotopic (exact) mass is 526 g/mol. The van der Waals surface area contributed by atoms with E-state index in [1.807, 2.05) is 32.9 Å². The Labute approximate surface area is 187 Å². The Bertz CT molecular complexity index is 752. The van der Waals surface area contributed by atoms with Crippen molar-refractivity contribution in [2.45, 2.75) is 59.2 Å². The van der Waals surface area contributed by atoms with Crippen LogP contribution < -0.4 is 20.1 Å². The molecule has 0 amide bonds. The van der Waals surface area contributed by atoms with E-state index in [1.54, 1.807) is 7.05 Å². The van der Waals surface area contributed by atoms with Crippen LogP contribution in [0.15, 0.2) is 23.2 Å². The number of nitrogens with one attached hydrogen (secondary N) is 3. The Morgan fingerprint density at radius 2 is 1.93 bits per heavy atom. The van der Waals surface area contributed by atoms with Crippen LogP contribution in [0.3, 0.4) is 0 Å². The number of benzene rings is 1. The molecule has 0 radical (unpaired) electrons. The lowest BCUT2D eigenvalue weighted by atomic mass is 10.1. The molecule has 0 aliphatic carbocycles.